The van der Waals surface area contributed by atoms with Gasteiger partial charge in [0.25, 0.3) is 0 Å². The van der Waals surface area contributed by atoms with Gasteiger partial charge in [0.05, 0.1) is 13.2 Å². The van der Waals surface area contributed by atoms with Crippen molar-refractivity contribution >= 4 is 40.5 Å². The SMILES string of the molecule is N#Cc1nc(Nc2ccc(Cl)cc2)c(Cl)c(N2CCOCC2)n1.[C-]#N.[Na+]. The molecule has 0 spiro atoms. The number of ether oxygens (including phenoxy) is 1. The van der Waals surface area contributed by atoms with Crippen molar-refractivity contribution in [2.45, 2.75) is 0 Å². The molecule has 10 heteroatoms. The van der Waals surface area contributed by atoms with Gasteiger partial charge in [0.1, 0.15) is 11.1 Å². The van der Waals surface area contributed by atoms with Crippen LogP contribution in [-0.4, -0.2) is 36.3 Å². The van der Waals surface area contributed by atoms with Crippen molar-refractivity contribution in [2.24, 2.45) is 0 Å². The van der Waals surface area contributed by atoms with Gasteiger partial charge in [-0.05, 0) is 24.3 Å². The van der Waals surface area contributed by atoms with E-state index in [1.807, 2.05) is 11.0 Å². The summed E-state index contributed by atoms with van der Waals surface area (Å²) in [7, 11) is 0. The van der Waals surface area contributed by atoms with Gasteiger partial charge in [-0.3, -0.25) is 0 Å². The Morgan fingerprint density at radius 3 is 2.31 bits per heavy atom. The molecule has 1 fully saturated rings. The van der Waals surface area contributed by atoms with Gasteiger partial charge < -0.3 is 26.8 Å². The number of anilines is 3. The van der Waals surface area contributed by atoms with Crippen molar-refractivity contribution < 1.29 is 34.3 Å². The molecule has 2 aromatic rings. The van der Waals surface area contributed by atoms with Crippen molar-refractivity contribution in [3.8, 4) is 6.07 Å². The Balaban J connectivity index is 0.00000109. The van der Waals surface area contributed by atoms with Gasteiger partial charge in [-0.25, -0.2) is 0 Å². The van der Waals surface area contributed by atoms with Gasteiger partial charge >= 0.3 is 29.6 Å². The largest absolute Gasteiger partial charge is 1.00 e. The summed E-state index contributed by atoms with van der Waals surface area (Å²) in [6, 6.07) is 9.10. The number of rotatable bonds is 3. The predicted molar refractivity (Wildman–Crippen MR) is 94.5 cm³/mol. The van der Waals surface area contributed by atoms with Crippen LogP contribution in [0, 0.1) is 23.2 Å². The van der Waals surface area contributed by atoms with Crippen LogP contribution in [0.3, 0.4) is 0 Å². The van der Waals surface area contributed by atoms with E-state index >= 15 is 0 Å². The molecule has 1 aliphatic rings. The van der Waals surface area contributed by atoms with Crippen LogP contribution in [-0.2, 0) is 4.74 Å². The molecule has 1 aromatic heterocycles. The van der Waals surface area contributed by atoms with Crippen molar-refractivity contribution in [3.05, 3.63) is 46.7 Å². The fourth-order valence-corrected chi connectivity index (χ4v) is 2.60. The molecular weight excluding hydrogens is 386 g/mol. The Kier molecular flexibility index (Phi) is 9.68. The minimum Gasteiger partial charge on any atom is -0.512 e. The summed E-state index contributed by atoms with van der Waals surface area (Å²) >= 11 is 12.3. The fourth-order valence-electron chi connectivity index (χ4n) is 2.22. The molecule has 128 valence electrons. The number of halogens is 2. The van der Waals surface area contributed by atoms with E-state index in [2.05, 4.69) is 15.3 Å². The summed E-state index contributed by atoms with van der Waals surface area (Å²) in [6.07, 6.45) is 0. The Morgan fingerprint density at radius 2 is 1.73 bits per heavy atom. The summed E-state index contributed by atoms with van der Waals surface area (Å²) in [5.74, 6) is 0.993. The molecule has 0 saturated carbocycles. The average Bonchev–Trinajstić information content (AvgIpc) is 2.67. The van der Waals surface area contributed by atoms with Gasteiger partial charge in [-0.1, -0.05) is 23.2 Å². The van der Waals surface area contributed by atoms with Crippen molar-refractivity contribution in [1.82, 2.24) is 9.97 Å². The number of hydrogen-bond donors (Lipinski definition) is 1. The topological polar surface area (TPSA) is 97.9 Å². The van der Waals surface area contributed by atoms with E-state index < -0.39 is 0 Å². The number of nitrogens with one attached hydrogen (secondary N) is 1. The van der Waals surface area contributed by atoms with E-state index in [0.29, 0.717) is 48.0 Å². The molecular formula is C16H13Cl2N6NaO. The molecule has 7 nitrogen and oxygen atoms in total. The molecule has 1 N–H and O–H groups in total. The first-order valence-electron chi connectivity index (χ1n) is 7.22. The minimum absolute atomic E-state index is 0. The molecule has 3 rings (SSSR count). The number of aromatic nitrogens is 2. The summed E-state index contributed by atoms with van der Waals surface area (Å²) in [5.41, 5.74) is 0.770. The molecule has 1 aromatic carbocycles. The number of nitrogens with zero attached hydrogens (tertiary/aromatic N) is 5. The zero-order valence-corrected chi connectivity index (χ0v) is 17.5. The maximum atomic E-state index is 9.17. The fraction of sp³-hybridized carbons (Fsp3) is 0.250. The van der Waals surface area contributed by atoms with Crippen LogP contribution in [0.5, 0.6) is 0 Å². The number of benzene rings is 1. The average molecular weight is 399 g/mol. The third kappa shape index (κ3) is 5.72. The third-order valence-corrected chi connectivity index (χ3v) is 3.95. The Bertz CT molecular complexity index is 788. The zero-order valence-electron chi connectivity index (χ0n) is 14.0. The monoisotopic (exact) mass is 398 g/mol. The summed E-state index contributed by atoms with van der Waals surface area (Å²) in [4.78, 5) is 10.4. The van der Waals surface area contributed by atoms with Gasteiger partial charge in [0.15, 0.2) is 11.6 Å². The Labute approximate surface area is 183 Å². The Morgan fingerprint density at radius 1 is 1.12 bits per heavy atom. The van der Waals surface area contributed by atoms with Crippen LogP contribution in [0.4, 0.5) is 17.3 Å². The molecule has 0 atom stereocenters. The molecule has 0 amide bonds. The minimum atomic E-state index is 0. The molecule has 0 radical (unpaired) electrons. The van der Waals surface area contributed by atoms with Crippen LogP contribution in [0.1, 0.15) is 5.82 Å². The zero-order chi connectivity index (χ0) is 18.2. The van der Waals surface area contributed by atoms with Crippen LogP contribution in [0.25, 0.3) is 0 Å². The van der Waals surface area contributed by atoms with Crippen molar-refractivity contribution in [3.63, 3.8) is 0 Å². The maximum Gasteiger partial charge on any atom is 1.00 e. The predicted octanol–water partition coefficient (Wildman–Crippen LogP) is 0.336. The molecule has 0 aliphatic carbocycles. The molecule has 0 bridgehead atoms. The van der Waals surface area contributed by atoms with Gasteiger partial charge in [-0.15, -0.1) is 0 Å². The van der Waals surface area contributed by atoms with E-state index in [1.165, 1.54) is 0 Å². The van der Waals surface area contributed by atoms with E-state index in [1.54, 1.807) is 24.3 Å². The normalized spacial score (nSPS) is 12.8. The first kappa shape index (κ1) is 22.5. The smallest absolute Gasteiger partial charge is 0.512 e. The van der Waals surface area contributed by atoms with Crippen LogP contribution < -0.4 is 39.8 Å². The quantitative estimate of drug-likeness (QED) is 0.587. The number of morpholine rings is 1. The van der Waals surface area contributed by atoms with Crippen LogP contribution in [0.15, 0.2) is 24.3 Å². The van der Waals surface area contributed by atoms with E-state index in [9.17, 15) is 5.26 Å². The number of hydrogen-bond acceptors (Lipinski definition) is 7. The third-order valence-electron chi connectivity index (χ3n) is 3.35. The molecule has 0 unspecified atom stereocenters. The molecule has 1 aliphatic heterocycles. The molecule has 26 heavy (non-hydrogen) atoms. The maximum absolute atomic E-state index is 9.17. The second-order valence-electron chi connectivity index (χ2n) is 4.88. The van der Waals surface area contributed by atoms with Crippen LogP contribution in [0.2, 0.25) is 10.0 Å². The summed E-state index contributed by atoms with van der Waals surface area (Å²) in [6.45, 7) is 7.29. The van der Waals surface area contributed by atoms with Crippen molar-refractivity contribution in [1.29, 1.82) is 10.5 Å². The Hall–Kier alpha value is -1.58. The first-order chi connectivity index (χ1) is 12.2. The standard InChI is InChI=1S/C15H13Cl2N5O.CN.Na/c16-10-1-3-11(4-2-10)19-14-13(17)15(21-12(9-18)20-14)22-5-7-23-8-6-22;1-2;/h1-4H,5-8H2,(H,19,20,21);;/q;-1;+1. The second kappa shape index (κ2) is 11.2. The van der Waals surface area contributed by atoms with Gasteiger partial charge in [0.2, 0.25) is 5.82 Å². The van der Waals surface area contributed by atoms with E-state index in [-0.39, 0.29) is 35.4 Å². The summed E-state index contributed by atoms with van der Waals surface area (Å²) < 4.78 is 5.33. The van der Waals surface area contributed by atoms with E-state index in [4.69, 9.17) is 39.8 Å². The van der Waals surface area contributed by atoms with Crippen LogP contribution >= 0.6 is 23.2 Å². The van der Waals surface area contributed by atoms with E-state index in [0.717, 1.165) is 5.69 Å². The first-order valence-corrected chi connectivity index (χ1v) is 7.98. The van der Waals surface area contributed by atoms with Gasteiger partial charge in [-0.2, -0.15) is 15.2 Å². The number of nitriles is 1. The molecule has 2 heterocycles. The second-order valence-corrected chi connectivity index (χ2v) is 5.69. The van der Waals surface area contributed by atoms with Gasteiger partial charge in [0, 0.05) is 23.8 Å². The molecule has 1 saturated heterocycles. The summed E-state index contributed by atoms with van der Waals surface area (Å²) in [5, 5.41) is 19.5. The van der Waals surface area contributed by atoms with Crippen molar-refractivity contribution in [2.75, 3.05) is 36.5 Å².